The third-order valence-electron chi connectivity index (χ3n) is 3.32. The monoisotopic (exact) mass is 302 g/mol. The van der Waals surface area contributed by atoms with E-state index in [0.29, 0.717) is 18.7 Å². The Morgan fingerprint density at radius 1 is 1.29 bits per heavy atom. The van der Waals surface area contributed by atoms with E-state index in [1.54, 1.807) is 6.20 Å². The van der Waals surface area contributed by atoms with Crippen molar-refractivity contribution in [3.8, 4) is 0 Å². The number of rotatable bonds is 4. The van der Waals surface area contributed by atoms with Gasteiger partial charge in [0.2, 0.25) is 0 Å². The fraction of sp³-hybridized carbons (Fsp3) is 0.200. The first kappa shape index (κ1) is 13.7. The molecule has 1 aromatic carbocycles. The van der Waals surface area contributed by atoms with Gasteiger partial charge in [-0.15, -0.1) is 5.10 Å². The Hall–Kier alpha value is -2.27. The maximum absolute atomic E-state index is 12.1. The van der Waals surface area contributed by atoms with Crippen LogP contribution in [0.15, 0.2) is 47.4 Å². The summed E-state index contributed by atoms with van der Waals surface area (Å²) >= 11 is 5.93. The molecule has 6 heteroatoms. The SMILES string of the molecule is Cc1cc(Cl)ccc1NCCn1nc2ccccn2c1=O. The first-order chi connectivity index (χ1) is 10.1. The Bertz CT molecular complexity index is 837. The van der Waals surface area contributed by atoms with Crippen molar-refractivity contribution in [1.29, 1.82) is 0 Å². The lowest BCUT2D eigenvalue weighted by atomic mass is 10.2. The van der Waals surface area contributed by atoms with Crippen LogP contribution in [-0.2, 0) is 6.54 Å². The molecule has 0 aliphatic carbocycles. The second-order valence-electron chi connectivity index (χ2n) is 4.82. The van der Waals surface area contributed by atoms with Gasteiger partial charge >= 0.3 is 5.69 Å². The number of fused-ring (bicyclic) bond motifs is 1. The van der Waals surface area contributed by atoms with E-state index in [0.717, 1.165) is 16.3 Å². The molecule has 3 rings (SSSR count). The first-order valence-corrected chi connectivity index (χ1v) is 7.07. The van der Waals surface area contributed by atoms with Gasteiger partial charge in [0, 0.05) is 23.5 Å². The number of nitrogens with zero attached hydrogens (tertiary/aromatic N) is 3. The Morgan fingerprint density at radius 3 is 2.90 bits per heavy atom. The molecule has 0 spiro atoms. The first-order valence-electron chi connectivity index (χ1n) is 6.69. The summed E-state index contributed by atoms with van der Waals surface area (Å²) in [5.41, 5.74) is 2.62. The predicted molar refractivity (Wildman–Crippen MR) is 84.1 cm³/mol. The standard InChI is InChI=1S/C15H15ClN4O/c1-11-10-12(16)5-6-13(11)17-7-9-20-15(21)19-8-3-2-4-14(19)18-20/h2-6,8,10,17H,7,9H2,1H3. The zero-order valence-corrected chi connectivity index (χ0v) is 12.3. The normalized spacial score (nSPS) is 11.0. The minimum Gasteiger partial charge on any atom is -0.383 e. The molecule has 1 N–H and O–H groups in total. The predicted octanol–water partition coefficient (Wildman–Crippen LogP) is 2.57. The summed E-state index contributed by atoms with van der Waals surface area (Å²) < 4.78 is 3.00. The van der Waals surface area contributed by atoms with Crippen LogP contribution in [0.2, 0.25) is 5.02 Å². The van der Waals surface area contributed by atoms with Gasteiger partial charge in [-0.2, -0.15) is 0 Å². The van der Waals surface area contributed by atoms with Crippen LogP contribution < -0.4 is 11.0 Å². The van der Waals surface area contributed by atoms with E-state index in [4.69, 9.17) is 11.6 Å². The smallest absolute Gasteiger partial charge is 0.350 e. The van der Waals surface area contributed by atoms with Crippen LogP contribution in [0.1, 0.15) is 5.56 Å². The summed E-state index contributed by atoms with van der Waals surface area (Å²) in [6.45, 7) is 3.11. The highest BCUT2D eigenvalue weighted by molar-refractivity contribution is 6.30. The van der Waals surface area contributed by atoms with Crippen molar-refractivity contribution in [3.05, 3.63) is 63.7 Å². The summed E-state index contributed by atoms with van der Waals surface area (Å²) in [7, 11) is 0. The summed E-state index contributed by atoms with van der Waals surface area (Å²) in [4.78, 5) is 12.1. The van der Waals surface area contributed by atoms with Crippen LogP contribution in [0, 0.1) is 6.92 Å². The molecule has 0 radical (unpaired) electrons. The lowest BCUT2D eigenvalue weighted by Gasteiger charge is -2.09. The van der Waals surface area contributed by atoms with Crippen molar-refractivity contribution in [1.82, 2.24) is 14.2 Å². The Labute approximate surface area is 126 Å². The summed E-state index contributed by atoms with van der Waals surface area (Å²) in [6.07, 6.45) is 1.72. The summed E-state index contributed by atoms with van der Waals surface area (Å²) in [5, 5.41) is 8.30. The largest absolute Gasteiger partial charge is 0.383 e. The van der Waals surface area contributed by atoms with Gasteiger partial charge in [0.25, 0.3) is 0 Å². The van der Waals surface area contributed by atoms with Crippen molar-refractivity contribution in [3.63, 3.8) is 0 Å². The fourth-order valence-electron chi connectivity index (χ4n) is 2.24. The Kier molecular flexibility index (Phi) is 3.66. The van der Waals surface area contributed by atoms with Crippen LogP contribution >= 0.6 is 11.6 Å². The second-order valence-corrected chi connectivity index (χ2v) is 5.26. The maximum Gasteiger partial charge on any atom is 0.350 e. The van der Waals surface area contributed by atoms with Crippen molar-refractivity contribution in [2.75, 3.05) is 11.9 Å². The highest BCUT2D eigenvalue weighted by atomic mass is 35.5. The third kappa shape index (κ3) is 2.78. The lowest BCUT2D eigenvalue weighted by molar-refractivity contribution is 0.614. The van der Waals surface area contributed by atoms with Crippen LogP contribution in [0.5, 0.6) is 0 Å². The number of anilines is 1. The van der Waals surface area contributed by atoms with Gasteiger partial charge in [0.1, 0.15) is 0 Å². The molecule has 0 aliphatic rings. The van der Waals surface area contributed by atoms with E-state index in [-0.39, 0.29) is 5.69 Å². The molecule has 0 saturated carbocycles. The molecule has 0 fully saturated rings. The van der Waals surface area contributed by atoms with Crippen LogP contribution in [0.3, 0.4) is 0 Å². The molecule has 2 heterocycles. The number of hydrogen-bond donors (Lipinski definition) is 1. The van der Waals surface area contributed by atoms with Crippen LogP contribution in [0.4, 0.5) is 5.69 Å². The molecule has 3 aromatic rings. The summed E-state index contributed by atoms with van der Waals surface area (Å²) in [6, 6.07) is 11.2. The van der Waals surface area contributed by atoms with Gasteiger partial charge in [0.05, 0.1) is 6.54 Å². The van der Waals surface area contributed by atoms with E-state index in [1.165, 1.54) is 9.08 Å². The Morgan fingerprint density at radius 2 is 2.14 bits per heavy atom. The van der Waals surface area contributed by atoms with E-state index in [9.17, 15) is 4.79 Å². The summed E-state index contributed by atoms with van der Waals surface area (Å²) in [5.74, 6) is 0. The van der Waals surface area contributed by atoms with Crippen molar-refractivity contribution in [2.24, 2.45) is 0 Å². The second kappa shape index (κ2) is 5.61. The van der Waals surface area contributed by atoms with Gasteiger partial charge in [0.15, 0.2) is 5.65 Å². The Balaban J connectivity index is 1.72. The zero-order valence-electron chi connectivity index (χ0n) is 11.6. The fourth-order valence-corrected chi connectivity index (χ4v) is 2.46. The van der Waals surface area contributed by atoms with Crippen molar-refractivity contribution in [2.45, 2.75) is 13.5 Å². The lowest BCUT2D eigenvalue weighted by Crippen LogP contribution is -2.24. The quantitative estimate of drug-likeness (QED) is 0.806. The van der Waals surface area contributed by atoms with Gasteiger partial charge in [-0.05, 0) is 42.8 Å². The average Bonchev–Trinajstić information content (AvgIpc) is 2.79. The van der Waals surface area contributed by atoms with E-state index >= 15 is 0 Å². The molecule has 5 nitrogen and oxygen atoms in total. The minimum absolute atomic E-state index is 0.125. The van der Waals surface area contributed by atoms with E-state index in [2.05, 4.69) is 10.4 Å². The number of nitrogens with one attached hydrogen (secondary N) is 1. The number of aromatic nitrogens is 3. The van der Waals surface area contributed by atoms with Crippen LogP contribution in [0.25, 0.3) is 5.65 Å². The van der Waals surface area contributed by atoms with Gasteiger partial charge in [-0.3, -0.25) is 4.40 Å². The van der Waals surface area contributed by atoms with Gasteiger partial charge < -0.3 is 5.32 Å². The number of hydrogen-bond acceptors (Lipinski definition) is 3. The third-order valence-corrected chi connectivity index (χ3v) is 3.55. The minimum atomic E-state index is -0.125. The van der Waals surface area contributed by atoms with E-state index < -0.39 is 0 Å². The number of halogens is 1. The molecule has 21 heavy (non-hydrogen) atoms. The molecule has 0 unspecified atom stereocenters. The maximum atomic E-state index is 12.1. The zero-order chi connectivity index (χ0) is 14.8. The molecule has 0 atom stereocenters. The molecule has 108 valence electrons. The van der Waals surface area contributed by atoms with Crippen molar-refractivity contribution >= 4 is 22.9 Å². The molecule has 0 bridgehead atoms. The molecule has 2 aromatic heterocycles. The number of pyridine rings is 1. The van der Waals surface area contributed by atoms with Gasteiger partial charge in [-0.25, -0.2) is 9.48 Å². The molecule has 0 saturated heterocycles. The molecular weight excluding hydrogens is 288 g/mol. The van der Waals surface area contributed by atoms with E-state index in [1.807, 2.05) is 43.3 Å². The highest BCUT2D eigenvalue weighted by Crippen LogP contribution is 2.19. The molecule has 0 aliphatic heterocycles. The molecular formula is C15H15ClN4O. The molecule has 0 amide bonds. The average molecular weight is 303 g/mol. The number of benzene rings is 1. The highest BCUT2D eigenvalue weighted by Gasteiger charge is 2.05. The number of aryl methyl sites for hydroxylation is 1. The topological polar surface area (TPSA) is 51.3 Å². The van der Waals surface area contributed by atoms with Gasteiger partial charge in [-0.1, -0.05) is 17.7 Å². The van der Waals surface area contributed by atoms with Crippen molar-refractivity contribution < 1.29 is 0 Å². The van der Waals surface area contributed by atoms with Crippen LogP contribution in [-0.4, -0.2) is 20.7 Å².